The lowest BCUT2D eigenvalue weighted by Gasteiger charge is -2.41. The minimum Gasteiger partial charge on any atom is -0.0622 e. The molecule has 0 radical (unpaired) electrons. The Hall–Kier alpha value is -12.5. The number of fused-ring (bicyclic) bond motifs is 18. The molecule has 0 nitrogen and oxygen atoms in total. The summed E-state index contributed by atoms with van der Waals surface area (Å²) in [5, 5.41) is 0. The van der Waals surface area contributed by atoms with Gasteiger partial charge in [0.25, 0.3) is 0 Å². The molecule has 510 valence electrons. The molecular formula is C108H78. The summed E-state index contributed by atoms with van der Waals surface area (Å²) in [6.07, 6.45) is 0. The molecule has 0 aromatic heterocycles. The van der Waals surface area contributed by atoms with Crippen molar-refractivity contribution in [1.82, 2.24) is 0 Å². The molecule has 0 heterocycles. The van der Waals surface area contributed by atoms with Gasteiger partial charge < -0.3 is 0 Å². The highest BCUT2D eigenvalue weighted by Crippen LogP contribution is 2.67. The van der Waals surface area contributed by atoms with Crippen LogP contribution in [0.5, 0.6) is 0 Å². The summed E-state index contributed by atoms with van der Waals surface area (Å²) in [5.41, 5.74) is 42.4. The fraction of sp³-hybridized carbons (Fsp3) is 0.111. The maximum atomic E-state index is 2.74. The first kappa shape index (κ1) is 62.9. The van der Waals surface area contributed by atoms with Crippen molar-refractivity contribution < 1.29 is 0 Å². The molecule has 108 heavy (non-hydrogen) atoms. The summed E-state index contributed by atoms with van der Waals surface area (Å²) in [6.45, 7) is 14.6. The largest absolute Gasteiger partial charge is 0.0714 e. The van der Waals surface area contributed by atoms with E-state index in [9.17, 15) is 0 Å². The third-order valence-corrected chi connectivity index (χ3v) is 26.7. The highest BCUT2D eigenvalue weighted by Gasteiger charge is 2.56. The van der Waals surface area contributed by atoms with Crippen LogP contribution in [-0.4, -0.2) is 0 Å². The first-order chi connectivity index (χ1) is 52.8. The Kier molecular flexibility index (Phi) is 13.1. The van der Waals surface area contributed by atoms with E-state index in [1.165, 1.54) is 200 Å². The van der Waals surface area contributed by atoms with E-state index >= 15 is 0 Å². The maximum absolute atomic E-state index is 2.74. The van der Waals surface area contributed by atoms with Crippen LogP contribution in [0.1, 0.15) is 142 Å². The molecule has 0 aliphatic heterocycles. The molecule has 3 unspecified atom stereocenters. The second kappa shape index (κ2) is 22.5. The molecule has 6 aliphatic rings. The fourth-order valence-electron chi connectivity index (χ4n) is 21.7. The Morgan fingerprint density at radius 1 is 0.130 bits per heavy atom. The molecule has 3 atom stereocenters. The second-order valence-corrected chi connectivity index (χ2v) is 32.9. The summed E-state index contributed by atoms with van der Waals surface area (Å²) >= 11 is 0. The minimum absolute atomic E-state index is 0.241. The van der Waals surface area contributed by atoms with Gasteiger partial charge in [-0.25, -0.2) is 0 Å². The molecule has 0 fully saturated rings. The van der Waals surface area contributed by atoms with Crippen LogP contribution in [0.15, 0.2) is 364 Å². The van der Waals surface area contributed by atoms with Gasteiger partial charge in [-0.2, -0.15) is 0 Å². The molecule has 6 aliphatic carbocycles. The Balaban J connectivity index is 0.945. The topological polar surface area (TPSA) is 0 Å². The van der Waals surface area contributed by atoms with E-state index < -0.39 is 16.2 Å². The molecule has 16 aromatic rings. The summed E-state index contributed by atoms with van der Waals surface area (Å²) in [4.78, 5) is 0. The molecule has 0 saturated carbocycles. The van der Waals surface area contributed by atoms with E-state index in [1.54, 1.807) is 0 Å². The van der Waals surface area contributed by atoms with E-state index in [4.69, 9.17) is 0 Å². The van der Waals surface area contributed by atoms with Gasteiger partial charge in [0.15, 0.2) is 0 Å². The first-order valence-corrected chi connectivity index (χ1v) is 38.6. The standard InChI is InChI=1S/C108H78/c1-103(2)91-40-22-16-34-79(91)85-64-100-88(61-97(85)103)82-37-19-25-43-94(82)106(100,73-52-46-70(47-53-73)67-28-10-7-11-29-67)76-58-77(107(74-54-48-71(49-55-74)68-30-12-8-13-31-68)95-44-26-20-38-83(95)89-62-98-86(65-101(89)107)80-35-17-23-41-92(80)104(98,3)4)60-78(59-76)108(75-56-50-72(51-57-75)69-32-14-9-15-33-69)96-45-27-21-39-84(96)90-63-99-87(66-102(90)108)81-36-18-24-42-93(81)105(99,5)6/h7-66H,1-6H3. The summed E-state index contributed by atoms with van der Waals surface area (Å²) in [7, 11) is 0. The molecule has 0 bridgehead atoms. The lowest BCUT2D eigenvalue weighted by atomic mass is 9.60. The molecule has 0 amide bonds. The van der Waals surface area contributed by atoms with Crippen molar-refractivity contribution >= 4 is 0 Å². The van der Waals surface area contributed by atoms with Gasteiger partial charge >= 0.3 is 0 Å². The predicted molar refractivity (Wildman–Crippen MR) is 447 cm³/mol. The lowest BCUT2D eigenvalue weighted by molar-refractivity contribution is 0.659. The summed E-state index contributed by atoms with van der Waals surface area (Å²) in [6, 6.07) is 143. The zero-order valence-electron chi connectivity index (χ0n) is 61.6. The molecule has 0 saturated heterocycles. The monoisotopic (exact) mass is 1370 g/mol. The van der Waals surface area contributed by atoms with Gasteiger partial charge in [-0.1, -0.05) is 369 Å². The molecule has 22 rings (SSSR count). The number of benzene rings is 16. The van der Waals surface area contributed by atoms with Gasteiger partial charge in [0.05, 0.1) is 16.2 Å². The van der Waals surface area contributed by atoms with Crippen LogP contribution in [0.25, 0.3) is 100 Å². The zero-order valence-corrected chi connectivity index (χ0v) is 61.6. The van der Waals surface area contributed by atoms with Crippen LogP contribution in [0.3, 0.4) is 0 Å². The van der Waals surface area contributed by atoms with Crippen LogP contribution in [0, 0.1) is 0 Å². The zero-order chi connectivity index (χ0) is 72.2. The van der Waals surface area contributed by atoms with Gasteiger partial charge in [0.1, 0.15) is 0 Å². The molecule has 0 spiro atoms. The van der Waals surface area contributed by atoms with Crippen molar-refractivity contribution in [1.29, 1.82) is 0 Å². The quantitative estimate of drug-likeness (QED) is 0.135. The second-order valence-electron chi connectivity index (χ2n) is 32.9. The van der Waals surface area contributed by atoms with Crippen molar-refractivity contribution in [3.63, 3.8) is 0 Å². The van der Waals surface area contributed by atoms with Gasteiger partial charge in [-0.05, 0) is 237 Å². The summed E-state index contributed by atoms with van der Waals surface area (Å²) in [5.74, 6) is 0. The van der Waals surface area contributed by atoms with E-state index in [2.05, 4.69) is 406 Å². The smallest absolute Gasteiger partial charge is 0.0622 e. The van der Waals surface area contributed by atoms with Crippen molar-refractivity contribution in [3.05, 3.63) is 464 Å². The van der Waals surface area contributed by atoms with Crippen LogP contribution < -0.4 is 0 Å². The van der Waals surface area contributed by atoms with Crippen molar-refractivity contribution in [2.75, 3.05) is 0 Å². The van der Waals surface area contributed by atoms with E-state index in [-0.39, 0.29) is 16.2 Å². The van der Waals surface area contributed by atoms with E-state index in [0.717, 1.165) is 0 Å². The number of rotatable bonds is 9. The SMILES string of the molecule is CC1(C)c2ccccc2-c2cc3c(cc21)-c1ccccc1C3(c1ccc(-c2ccccc2)cc1)c1cc(C2(c3ccc(-c4ccccc4)cc3)c3ccccc3-c3cc4c(cc32)-c2ccccc2C4(C)C)cc(C2(c3ccc(-c4ccccc4)cc3)c3ccccc3-c3cc4c(cc32)-c2ccccc2C4(C)C)c1. The lowest BCUT2D eigenvalue weighted by Crippen LogP contribution is -2.35. The third kappa shape index (κ3) is 8.25. The van der Waals surface area contributed by atoms with E-state index in [0.29, 0.717) is 0 Å². The average molecular weight is 1380 g/mol. The molecule has 16 aromatic carbocycles. The molecular weight excluding hydrogens is 1300 g/mol. The van der Waals surface area contributed by atoms with E-state index in [1.807, 2.05) is 0 Å². The first-order valence-electron chi connectivity index (χ1n) is 38.6. The van der Waals surface area contributed by atoms with Crippen LogP contribution in [0.2, 0.25) is 0 Å². The third-order valence-electron chi connectivity index (χ3n) is 26.7. The summed E-state index contributed by atoms with van der Waals surface area (Å²) < 4.78 is 0. The number of hydrogen-bond acceptors (Lipinski definition) is 0. The molecule has 0 N–H and O–H groups in total. The fourth-order valence-corrected chi connectivity index (χ4v) is 21.7. The van der Waals surface area contributed by atoms with Gasteiger partial charge in [0, 0.05) is 16.2 Å². The normalized spacial score (nSPS) is 18.6. The van der Waals surface area contributed by atoms with Crippen LogP contribution in [0.4, 0.5) is 0 Å². The Labute approximate surface area is 634 Å². The van der Waals surface area contributed by atoms with Crippen molar-refractivity contribution in [3.8, 4) is 100 Å². The highest BCUT2D eigenvalue weighted by atomic mass is 14.6. The minimum atomic E-state index is -0.914. The predicted octanol–water partition coefficient (Wildman–Crippen LogP) is 26.7. The van der Waals surface area contributed by atoms with Crippen molar-refractivity contribution in [2.24, 2.45) is 0 Å². The highest BCUT2D eigenvalue weighted by molar-refractivity contribution is 5.98. The Morgan fingerprint density at radius 3 is 0.565 bits per heavy atom. The van der Waals surface area contributed by atoms with Crippen LogP contribution in [-0.2, 0) is 32.5 Å². The Bertz CT molecular complexity index is 5820. The van der Waals surface area contributed by atoms with Gasteiger partial charge in [-0.3, -0.25) is 0 Å². The number of hydrogen-bond donors (Lipinski definition) is 0. The van der Waals surface area contributed by atoms with Gasteiger partial charge in [-0.15, -0.1) is 0 Å². The Morgan fingerprint density at radius 2 is 0.315 bits per heavy atom. The average Bonchev–Trinajstić information content (AvgIpc) is 1.47. The van der Waals surface area contributed by atoms with Crippen LogP contribution >= 0.6 is 0 Å². The molecule has 0 heteroatoms. The van der Waals surface area contributed by atoms with Crippen molar-refractivity contribution in [2.45, 2.75) is 74.0 Å². The van der Waals surface area contributed by atoms with Gasteiger partial charge in [0.2, 0.25) is 0 Å². The maximum Gasteiger partial charge on any atom is 0.0714 e.